The van der Waals surface area contributed by atoms with Gasteiger partial charge in [0.2, 0.25) is 0 Å². The second-order valence-electron chi connectivity index (χ2n) is 7.52. The Hall–Kier alpha value is -0.830. The van der Waals surface area contributed by atoms with E-state index in [4.69, 9.17) is 4.42 Å². The number of rotatable bonds is 5. The van der Waals surface area contributed by atoms with E-state index >= 15 is 0 Å². The maximum Gasteiger partial charge on any atom is 0.194 e. The summed E-state index contributed by atoms with van der Waals surface area (Å²) in [6.07, 6.45) is 12.7. The van der Waals surface area contributed by atoms with Gasteiger partial charge in [-0.05, 0) is 76.3 Å². The highest BCUT2D eigenvalue weighted by Gasteiger charge is 2.53. The highest BCUT2D eigenvalue weighted by molar-refractivity contribution is 5.19. The van der Waals surface area contributed by atoms with Gasteiger partial charge in [-0.15, -0.1) is 0 Å². The lowest BCUT2D eigenvalue weighted by Crippen LogP contribution is -2.48. The van der Waals surface area contributed by atoms with Crippen molar-refractivity contribution in [1.82, 2.24) is 10.3 Å². The van der Waals surface area contributed by atoms with Crippen LogP contribution in [0, 0.1) is 17.8 Å². The largest absolute Gasteiger partial charge is 0.445 e. The molecule has 1 heterocycles. The van der Waals surface area contributed by atoms with Crippen molar-refractivity contribution in [3.05, 3.63) is 17.8 Å². The summed E-state index contributed by atoms with van der Waals surface area (Å²) in [5.41, 5.74) is 0.364. The van der Waals surface area contributed by atoms with E-state index in [0.29, 0.717) is 5.41 Å². The Bertz CT molecular complexity index is 444. The Morgan fingerprint density at radius 2 is 1.85 bits per heavy atom. The van der Waals surface area contributed by atoms with Gasteiger partial charge >= 0.3 is 0 Å². The van der Waals surface area contributed by atoms with E-state index in [1.165, 1.54) is 44.3 Å². The molecule has 0 aromatic carbocycles. The molecule has 1 N–H and O–H groups in total. The first kappa shape index (κ1) is 12.9. The molecule has 4 aliphatic rings. The number of aromatic nitrogens is 1. The van der Waals surface area contributed by atoms with Gasteiger partial charge in [0, 0.05) is 11.8 Å². The Labute approximate surface area is 121 Å². The van der Waals surface area contributed by atoms with Gasteiger partial charge in [-0.1, -0.05) is 0 Å². The molecule has 3 heteroatoms. The van der Waals surface area contributed by atoms with Gasteiger partial charge in [-0.2, -0.15) is 0 Å². The van der Waals surface area contributed by atoms with Crippen molar-refractivity contribution in [1.29, 1.82) is 0 Å². The smallest absolute Gasteiger partial charge is 0.194 e. The molecule has 4 aliphatic carbocycles. The van der Waals surface area contributed by atoms with E-state index in [1.54, 1.807) is 0 Å². The molecule has 5 rings (SSSR count). The van der Waals surface area contributed by atoms with Crippen LogP contribution in [0.25, 0.3) is 0 Å². The minimum absolute atomic E-state index is 0.364. The summed E-state index contributed by atoms with van der Waals surface area (Å²) in [7, 11) is 2.00. The topological polar surface area (TPSA) is 38.1 Å². The lowest BCUT2D eigenvalue weighted by Gasteiger charge is -2.55. The molecular formula is C17H26N2O. The quantitative estimate of drug-likeness (QED) is 0.837. The molecular weight excluding hydrogens is 248 g/mol. The van der Waals surface area contributed by atoms with Gasteiger partial charge in [0.05, 0.1) is 6.20 Å². The maximum absolute atomic E-state index is 6.18. The van der Waals surface area contributed by atoms with Crippen LogP contribution >= 0.6 is 0 Å². The number of hydrogen-bond acceptors (Lipinski definition) is 3. The van der Waals surface area contributed by atoms with E-state index < -0.39 is 0 Å². The Balaban J connectivity index is 1.52. The van der Waals surface area contributed by atoms with Crippen molar-refractivity contribution in [3.8, 4) is 0 Å². The molecule has 0 aliphatic heterocycles. The van der Waals surface area contributed by atoms with Crippen molar-refractivity contribution in [2.24, 2.45) is 17.8 Å². The van der Waals surface area contributed by atoms with E-state index in [1.807, 2.05) is 7.05 Å². The van der Waals surface area contributed by atoms with Crippen molar-refractivity contribution in [3.63, 3.8) is 0 Å². The fourth-order valence-electron chi connectivity index (χ4n) is 5.50. The first-order chi connectivity index (χ1) is 9.77. The second-order valence-corrected chi connectivity index (χ2v) is 7.52. The first-order valence-corrected chi connectivity index (χ1v) is 8.37. The predicted octanol–water partition coefficient (Wildman–Crippen LogP) is 3.29. The van der Waals surface area contributed by atoms with E-state index in [9.17, 15) is 0 Å². The van der Waals surface area contributed by atoms with Crippen molar-refractivity contribution < 1.29 is 4.42 Å². The number of aryl methyl sites for hydroxylation is 1. The summed E-state index contributed by atoms with van der Waals surface area (Å²) in [4.78, 5) is 4.55. The average molecular weight is 274 g/mol. The molecule has 1 aromatic rings. The van der Waals surface area contributed by atoms with Gasteiger partial charge in [-0.25, -0.2) is 4.98 Å². The molecule has 0 spiro atoms. The third kappa shape index (κ3) is 2.11. The predicted molar refractivity (Wildman–Crippen MR) is 78.6 cm³/mol. The fraction of sp³-hybridized carbons (Fsp3) is 0.824. The molecule has 0 atom stereocenters. The summed E-state index contributed by atoms with van der Waals surface area (Å²) < 4.78 is 6.18. The molecule has 3 nitrogen and oxygen atoms in total. The fourth-order valence-corrected chi connectivity index (χ4v) is 5.50. The Kier molecular flexibility index (Phi) is 3.13. The van der Waals surface area contributed by atoms with E-state index in [2.05, 4.69) is 16.5 Å². The number of hydrogen-bond donors (Lipinski definition) is 1. The van der Waals surface area contributed by atoms with Gasteiger partial charge in [0.1, 0.15) is 5.76 Å². The van der Waals surface area contributed by atoms with Crippen LogP contribution in [0.2, 0.25) is 0 Å². The molecule has 110 valence electrons. The molecule has 0 radical (unpaired) electrons. The third-order valence-corrected chi connectivity index (χ3v) is 5.93. The van der Waals surface area contributed by atoms with Gasteiger partial charge < -0.3 is 9.73 Å². The van der Waals surface area contributed by atoms with Crippen LogP contribution in [-0.2, 0) is 11.8 Å². The third-order valence-electron chi connectivity index (χ3n) is 5.93. The first-order valence-electron chi connectivity index (χ1n) is 8.37. The summed E-state index contributed by atoms with van der Waals surface area (Å²) in [6.45, 7) is 1.04. The van der Waals surface area contributed by atoms with Crippen LogP contribution in [0.1, 0.15) is 56.6 Å². The van der Waals surface area contributed by atoms with E-state index in [0.717, 1.165) is 43.0 Å². The molecule has 4 bridgehead atoms. The highest BCUT2D eigenvalue weighted by Crippen LogP contribution is 2.60. The zero-order valence-electron chi connectivity index (χ0n) is 12.5. The van der Waals surface area contributed by atoms with Crippen LogP contribution in [0.3, 0.4) is 0 Å². The Morgan fingerprint density at radius 1 is 1.20 bits per heavy atom. The number of nitrogens with zero attached hydrogens (tertiary/aromatic N) is 1. The Morgan fingerprint density at radius 3 is 2.45 bits per heavy atom. The zero-order chi connectivity index (χ0) is 13.6. The van der Waals surface area contributed by atoms with Crippen molar-refractivity contribution in [2.75, 3.05) is 13.6 Å². The normalized spacial score (nSPS) is 38.5. The minimum Gasteiger partial charge on any atom is -0.445 e. The summed E-state index contributed by atoms with van der Waals surface area (Å²) in [6, 6.07) is 0. The zero-order valence-corrected chi connectivity index (χ0v) is 12.5. The summed E-state index contributed by atoms with van der Waals surface area (Å²) in [5.74, 6) is 5.08. The lowest BCUT2D eigenvalue weighted by atomic mass is 9.49. The standard InChI is InChI=1S/C17H26N2O/c1-18-4-2-3-16-19-11-15(20-16)17-8-12-5-13(9-17)7-14(6-12)10-17/h11-14,18H,2-10H2,1H3. The van der Waals surface area contributed by atoms with Gasteiger partial charge in [0.15, 0.2) is 5.89 Å². The highest BCUT2D eigenvalue weighted by atomic mass is 16.4. The van der Waals surface area contributed by atoms with Crippen molar-refractivity contribution >= 4 is 0 Å². The molecule has 0 amide bonds. The molecule has 1 aromatic heterocycles. The minimum atomic E-state index is 0.364. The van der Waals surface area contributed by atoms with Crippen LogP contribution in [0.15, 0.2) is 10.6 Å². The second kappa shape index (κ2) is 4.87. The summed E-state index contributed by atoms with van der Waals surface area (Å²) >= 11 is 0. The lowest BCUT2D eigenvalue weighted by molar-refractivity contribution is -0.0156. The summed E-state index contributed by atoms with van der Waals surface area (Å²) in [5, 5.41) is 3.18. The van der Waals surface area contributed by atoms with Crippen LogP contribution in [-0.4, -0.2) is 18.6 Å². The van der Waals surface area contributed by atoms with Crippen LogP contribution in [0.5, 0.6) is 0 Å². The molecule has 0 saturated heterocycles. The van der Waals surface area contributed by atoms with Crippen LogP contribution < -0.4 is 5.32 Å². The van der Waals surface area contributed by atoms with Crippen LogP contribution in [0.4, 0.5) is 0 Å². The number of oxazole rings is 1. The molecule has 4 saturated carbocycles. The average Bonchev–Trinajstić information content (AvgIpc) is 2.87. The SMILES string of the molecule is CNCCCc1ncc(C23CC4CC(CC(C4)C2)C3)o1. The molecule has 4 fully saturated rings. The number of nitrogens with one attached hydrogen (secondary N) is 1. The van der Waals surface area contributed by atoms with Gasteiger partial charge in [-0.3, -0.25) is 0 Å². The molecule has 20 heavy (non-hydrogen) atoms. The van der Waals surface area contributed by atoms with Gasteiger partial charge in [0.25, 0.3) is 0 Å². The van der Waals surface area contributed by atoms with Crippen molar-refractivity contribution in [2.45, 2.75) is 56.8 Å². The molecule has 0 unspecified atom stereocenters. The van der Waals surface area contributed by atoms with E-state index in [-0.39, 0.29) is 0 Å². The maximum atomic E-state index is 6.18. The monoisotopic (exact) mass is 274 g/mol.